The zero-order chi connectivity index (χ0) is 13.4. The number of nitrogens with zero attached hydrogens (tertiary/aromatic N) is 2. The van der Waals surface area contributed by atoms with E-state index in [1.165, 1.54) is 11.1 Å². The van der Waals surface area contributed by atoms with Gasteiger partial charge in [0.15, 0.2) is 5.78 Å². The number of nitrogens with two attached hydrogens (primary N) is 1. The second kappa shape index (κ2) is 4.46. The van der Waals surface area contributed by atoms with Crippen molar-refractivity contribution >= 4 is 11.7 Å². The fourth-order valence-corrected chi connectivity index (χ4v) is 2.73. The van der Waals surface area contributed by atoms with Crippen molar-refractivity contribution in [2.45, 2.75) is 25.7 Å². The molecule has 2 aromatic rings. The molecule has 4 heteroatoms. The third-order valence-corrected chi connectivity index (χ3v) is 3.69. The summed E-state index contributed by atoms with van der Waals surface area (Å²) >= 11 is 0. The van der Waals surface area contributed by atoms with E-state index in [0.29, 0.717) is 12.0 Å². The molecule has 1 unspecified atom stereocenters. The summed E-state index contributed by atoms with van der Waals surface area (Å²) in [5, 5.41) is 0. The fraction of sp³-hybridized carbons (Fsp3) is 0.267. The first-order valence-corrected chi connectivity index (χ1v) is 6.35. The van der Waals surface area contributed by atoms with Gasteiger partial charge in [0.1, 0.15) is 0 Å². The maximum Gasteiger partial charge on any atom is 0.220 e. The predicted octanol–water partition coefficient (Wildman–Crippen LogP) is 2.28. The van der Waals surface area contributed by atoms with Crippen LogP contribution in [-0.4, -0.2) is 15.8 Å². The number of benzene rings is 1. The van der Waals surface area contributed by atoms with Crippen molar-refractivity contribution in [3.63, 3.8) is 0 Å². The molecule has 96 valence electrons. The zero-order valence-electron chi connectivity index (χ0n) is 10.8. The smallest absolute Gasteiger partial charge is 0.220 e. The van der Waals surface area contributed by atoms with Crippen LogP contribution >= 0.6 is 0 Å². The topological polar surface area (TPSA) is 68.9 Å². The largest absolute Gasteiger partial charge is 0.368 e. The number of rotatable bonds is 1. The minimum absolute atomic E-state index is 0.106. The Labute approximate surface area is 111 Å². The highest BCUT2D eigenvalue weighted by molar-refractivity contribution is 5.98. The van der Waals surface area contributed by atoms with Gasteiger partial charge in [0.25, 0.3) is 0 Å². The summed E-state index contributed by atoms with van der Waals surface area (Å²) in [6.45, 7) is 2.07. The van der Waals surface area contributed by atoms with Crippen LogP contribution in [0, 0.1) is 6.92 Å². The van der Waals surface area contributed by atoms with Crippen molar-refractivity contribution in [3.05, 3.63) is 52.8 Å². The Kier molecular flexibility index (Phi) is 2.78. The van der Waals surface area contributed by atoms with Gasteiger partial charge in [-0.15, -0.1) is 0 Å². The van der Waals surface area contributed by atoms with Gasteiger partial charge >= 0.3 is 0 Å². The normalized spacial score (nSPS) is 18.2. The summed E-state index contributed by atoms with van der Waals surface area (Å²) in [5.74, 6) is 0.530. The average Bonchev–Trinajstić information content (AvgIpc) is 2.38. The molecule has 0 amide bonds. The summed E-state index contributed by atoms with van der Waals surface area (Å²) < 4.78 is 0. The molecule has 0 spiro atoms. The molecule has 0 saturated carbocycles. The van der Waals surface area contributed by atoms with Gasteiger partial charge in [-0.3, -0.25) is 4.79 Å². The molecule has 1 aliphatic carbocycles. The van der Waals surface area contributed by atoms with Gasteiger partial charge in [-0.05, 0) is 30.4 Å². The van der Waals surface area contributed by atoms with Crippen molar-refractivity contribution in [2.75, 3.05) is 5.73 Å². The molecular formula is C15H15N3O. The predicted molar refractivity (Wildman–Crippen MR) is 73.0 cm³/mol. The Morgan fingerprint density at radius 1 is 1.26 bits per heavy atom. The maximum absolute atomic E-state index is 12.2. The highest BCUT2D eigenvalue weighted by Crippen LogP contribution is 2.33. The second-order valence-electron chi connectivity index (χ2n) is 4.97. The Morgan fingerprint density at radius 3 is 2.84 bits per heavy atom. The van der Waals surface area contributed by atoms with Gasteiger partial charge in [0, 0.05) is 12.6 Å². The molecule has 3 rings (SSSR count). The zero-order valence-corrected chi connectivity index (χ0v) is 10.8. The molecule has 0 aliphatic heterocycles. The Balaban J connectivity index is 2.01. The number of anilines is 1. The number of ketones is 1. The fourth-order valence-electron chi connectivity index (χ4n) is 2.73. The standard InChI is InChI=1S/C15H15N3O/c1-9-4-2-3-5-11(9)10-6-13-12(14(19)7-10)8-17-15(16)18-13/h2-5,8,10H,6-7H2,1H3,(H2,16,17,18). The Morgan fingerprint density at radius 2 is 2.05 bits per heavy atom. The van der Waals surface area contributed by atoms with E-state index in [1.807, 2.05) is 12.1 Å². The van der Waals surface area contributed by atoms with Crippen LogP contribution in [0.4, 0.5) is 5.95 Å². The van der Waals surface area contributed by atoms with Crippen molar-refractivity contribution in [1.29, 1.82) is 0 Å². The van der Waals surface area contributed by atoms with Crippen molar-refractivity contribution < 1.29 is 4.79 Å². The lowest BCUT2D eigenvalue weighted by Crippen LogP contribution is -2.21. The first kappa shape index (κ1) is 11.8. The lowest BCUT2D eigenvalue weighted by atomic mass is 9.81. The lowest BCUT2D eigenvalue weighted by molar-refractivity contribution is 0.0962. The summed E-state index contributed by atoms with van der Waals surface area (Å²) in [5.41, 5.74) is 9.44. The number of carbonyl (C=O) groups is 1. The molecular weight excluding hydrogens is 238 g/mol. The molecule has 0 fully saturated rings. The number of carbonyl (C=O) groups excluding carboxylic acids is 1. The van der Waals surface area contributed by atoms with Gasteiger partial charge in [-0.1, -0.05) is 24.3 Å². The van der Waals surface area contributed by atoms with Gasteiger partial charge in [0.2, 0.25) is 5.95 Å². The van der Waals surface area contributed by atoms with Gasteiger partial charge in [0.05, 0.1) is 11.3 Å². The molecule has 1 heterocycles. The number of hydrogen-bond acceptors (Lipinski definition) is 4. The minimum Gasteiger partial charge on any atom is -0.368 e. The SMILES string of the molecule is Cc1ccccc1C1CC(=O)c2cnc(N)nc2C1. The van der Waals surface area contributed by atoms with Crippen LogP contribution in [0.1, 0.15) is 39.5 Å². The maximum atomic E-state index is 12.2. The van der Waals surface area contributed by atoms with Gasteiger partial charge in [-0.2, -0.15) is 0 Å². The van der Waals surface area contributed by atoms with Crippen molar-refractivity contribution in [1.82, 2.24) is 9.97 Å². The monoisotopic (exact) mass is 253 g/mol. The van der Waals surface area contributed by atoms with Crippen LogP contribution in [0.2, 0.25) is 0 Å². The first-order chi connectivity index (χ1) is 9.15. The van der Waals surface area contributed by atoms with Crippen LogP contribution in [0.5, 0.6) is 0 Å². The summed E-state index contributed by atoms with van der Waals surface area (Å²) in [7, 11) is 0. The molecule has 0 saturated heterocycles. The number of aromatic nitrogens is 2. The van der Waals surface area contributed by atoms with Crippen LogP contribution in [0.3, 0.4) is 0 Å². The molecule has 1 aromatic heterocycles. The Hall–Kier alpha value is -2.23. The molecule has 1 aliphatic rings. The third-order valence-electron chi connectivity index (χ3n) is 3.69. The van der Waals surface area contributed by atoms with E-state index in [2.05, 4.69) is 29.0 Å². The molecule has 19 heavy (non-hydrogen) atoms. The van der Waals surface area contributed by atoms with Crippen LogP contribution in [0.15, 0.2) is 30.5 Å². The van der Waals surface area contributed by atoms with E-state index < -0.39 is 0 Å². The van der Waals surface area contributed by atoms with Crippen molar-refractivity contribution in [2.24, 2.45) is 0 Å². The molecule has 1 atom stereocenters. The van der Waals surface area contributed by atoms with E-state index in [4.69, 9.17) is 5.73 Å². The van der Waals surface area contributed by atoms with E-state index >= 15 is 0 Å². The van der Waals surface area contributed by atoms with Crippen molar-refractivity contribution in [3.8, 4) is 0 Å². The van der Waals surface area contributed by atoms with E-state index in [1.54, 1.807) is 6.20 Å². The minimum atomic E-state index is 0.106. The highest BCUT2D eigenvalue weighted by atomic mass is 16.1. The summed E-state index contributed by atoms with van der Waals surface area (Å²) in [6.07, 6.45) is 2.82. The van der Waals surface area contributed by atoms with Crippen LogP contribution in [0.25, 0.3) is 0 Å². The number of Topliss-reactive ketones (excluding diaryl/α,β-unsaturated/α-hetero) is 1. The number of aryl methyl sites for hydroxylation is 1. The van der Waals surface area contributed by atoms with Crippen LogP contribution in [-0.2, 0) is 6.42 Å². The summed E-state index contributed by atoms with van der Waals surface area (Å²) in [4.78, 5) is 20.3. The number of hydrogen-bond donors (Lipinski definition) is 1. The van der Waals surface area contributed by atoms with E-state index in [-0.39, 0.29) is 17.6 Å². The van der Waals surface area contributed by atoms with E-state index in [0.717, 1.165) is 12.1 Å². The van der Waals surface area contributed by atoms with Crippen LogP contribution < -0.4 is 5.73 Å². The second-order valence-corrected chi connectivity index (χ2v) is 4.97. The van der Waals surface area contributed by atoms with E-state index in [9.17, 15) is 4.79 Å². The number of nitrogen functional groups attached to an aromatic ring is 1. The molecule has 2 N–H and O–H groups in total. The summed E-state index contributed by atoms with van der Waals surface area (Å²) in [6, 6.07) is 8.18. The number of fused-ring (bicyclic) bond motifs is 1. The molecule has 4 nitrogen and oxygen atoms in total. The average molecular weight is 253 g/mol. The first-order valence-electron chi connectivity index (χ1n) is 6.35. The van der Waals surface area contributed by atoms with Gasteiger partial charge < -0.3 is 5.73 Å². The molecule has 0 bridgehead atoms. The highest BCUT2D eigenvalue weighted by Gasteiger charge is 2.28. The quantitative estimate of drug-likeness (QED) is 0.846. The molecule has 0 radical (unpaired) electrons. The Bertz CT molecular complexity index is 652. The van der Waals surface area contributed by atoms with Gasteiger partial charge in [-0.25, -0.2) is 9.97 Å². The lowest BCUT2D eigenvalue weighted by Gasteiger charge is -2.24. The molecule has 1 aromatic carbocycles. The third kappa shape index (κ3) is 2.10.